The zero-order valence-corrected chi connectivity index (χ0v) is 12.8. The fourth-order valence-electron chi connectivity index (χ4n) is 2.20. The molecular formula is C14H19BrN4. The lowest BCUT2D eigenvalue weighted by Crippen LogP contribution is -2.31. The molecule has 2 aromatic rings. The quantitative estimate of drug-likeness (QED) is 0.657. The zero-order valence-electron chi connectivity index (χ0n) is 11.2. The van der Waals surface area contributed by atoms with Crippen molar-refractivity contribution in [1.82, 2.24) is 15.0 Å². The van der Waals surface area contributed by atoms with Crippen LogP contribution in [0, 0.1) is 6.92 Å². The van der Waals surface area contributed by atoms with Crippen LogP contribution in [0.5, 0.6) is 0 Å². The van der Waals surface area contributed by atoms with Gasteiger partial charge < -0.3 is 4.57 Å². The van der Waals surface area contributed by atoms with Gasteiger partial charge in [-0.2, -0.15) is 0 Å². The molecule has 4 nitrogen and oxygen atoms in total. The Bertz CT molecular complexity index is 550. The van der Waals surface area contributed by atoms with E-state index in [2.05, 4.69) is 56.9 Å². The molecule has 1 atom stereocenters. The maximum atomic E-state index is 5.76. The van der Waals surface area contributed by atoms with Gasteiger partial charge in [0.05, 0.1) is 0 Å². The van der Waals surface area contributed by atoms with Crippen molar-refractivity contribution in [2.75, 3.05) is 0 Å². The standard InChI is InChI=1S/C14H19BrN4/c1-3-7-19-8-6-17-14(19)13(18-16)11-9-10(2)4-5-12(11)15/h4-6,8-9,13,18H,3,7,16H2,1-2H3. The number of hydrogen-bond donors (Lipinski definition) is 2. The Morgan fingerprint density at radius 1 is 1.47 bits per heavy atom. The topological polar surface area (TPSA) is 55.9 Å². The number of rotatable bonds is 5. The van der Waals surface area contributed by atoms with Gasteiger partial charge in [-0.25, -0.2) is 10.4 Å². The molecule has 0 fully saturated rings. The summed E-state index contributed by atoms with van der Waals surface area (Å²) in [7, 11) is 0. The highest BCUT2D eigenvalue weighted by Gasteiger charge is 2.20. The lowest BCUT2D eigenvalue weighted by Gasteiger charge is -2.19. The number of nitrogens with two attached hydrogens (primary N) is 1. The van der Waals surface area contributed by atoms with Crippen LogP contribution in [0.25, 0.3) is 0 Å². The van der Waals surface area contributed by atoms with Gasteiger partial charge in [0, 0.05) is 23.4 Å². The number of aromatic nitrogens is 2. The molecule has 1 aromatic heterocycles. The van der Waals surface area contributed by atoms with E-state index in [4.69, 9.17) is 5.84 Å². The first-order chi connectivity index (χ1) is 9.17. The molecule has 3 N–H and O–H groups in total. The molecule has 0 bridgehead atoms. The summed E-state index contributed by atoms with van der Waals surface area (Å²) in [5.41, 5.74) is 5.18. The van der Waals surface area contributed by atoms with Crippen LogP contribution >= 0.6 is 15.9 Å². The molecule has 1 unspecified atom stereocenters. The summed E-state index contributed by atoms with van der Waals surface area (Å²) in [5.74, 6) is 6.70. The third-order valence-electron chi connectivity index (χ3n) is 3.10. The molecule has 0 aliphatic heterocycles. The van der Waals surface area contributed by atoms with Crippen LogP contribution in [0.3, 0.4) is 0 Å². The van der Waals surface area contributed by atoms with Crippen molar-refractivity contribution in [3.63, 3.8) is 0 Å². The van der Waals surface area contributed by atoms with Crippen molar-refractivity contribution in [2.45, 2.75) is 32.9 Å². The van der Waals surface area contributed by atoms with E-state index in [1.165, 1.54) is 5.56 Å². The zero-order chi connectivity index (χ0) is 13.8. The minimum Gasteiger partial charge on any atom is -0.333 e. The van der Waals surface area contributed by atoms with Gasteiger partial charge in [-0.3, -0.25) is 5.84 Å². The monoisotopic (exact) mass is 322 g/mol. The number of nitrogens with zero attached hydrogens (tertiary/aromatic N) is 2. The Hall–Kier alpha value is -1.17. The Balaban J connectivity index is 2.44. The summed E-state index contributed by atoms with van der Waals surface area (Å²) in [6.45, 7) is 5.16. The van der Waals surface area contributed by atoms with Crippen LogP contribution in [-0.4, -0.2) is 9.55 Å². The maximum Gasteiger partial charge on any atom is 0.131 e. The molecule has 5 heteroatoms. The number of imidazole rings is 1. The molecule has 1 heterocycles. The van der Waals surface area contributed by atoms with E-state index < -0.39 is 0 Å². The Morgan fingerprint density at radius 2 is 2.26 bits per heavy atom. The number of hydrogen-bond acceptors (Lipinski definition) is 3. The fraction of sp³-hybridized carbons (Fsp3) is 0.357. The van der Waals surface area contributed by atoms with E-state index in [9.17, 15) is 0 Å². The van der Waals surface area contributed by atoms with Crippen LogP contribution in [-0.2, 0) is 6.54 Å². The van der Waals surface area contributed by atoms with Crippen molar-refractivity contribution in [2.24, 2.45) is 5.84 Å². The van der Waals surface area contributed by atoms with Crippen LogP contribution in [0.1, 0.15) is 36.3 Å². The third-order valence-corrected chi connectivity index (χ3v) is 3.82. The van der Waals surface area contributed by atoms with Gasteiger partial charge in [0.15, 0.2) is 0 Å². The van der Waals surface area contributed by atoms with Gasteiger partial charge >= 0.3 is 0 Å². The highest BCUT2D eigenvalue weighted by atomic mass is 79.9. The number of nitrogens with one attached hydrogen (secondary N) is 1. The number of benzene rings is 1. The Kier molecular flexibility index (Phi) is 4.74. The summed E-state index contributed by atoms with van der Waals surface area (Å²) in [6, 6.07) is 6.12. The van der Waals surface area contributed by atoms with Crippen LogP contribution in [0.4, 0.5) is 0 Å². The first-order valence-corrected chi connectivity index (χ1v) is 7.19. The summed E-state index contributed by atoms with van der Waals surface area (Å²) in [5, 5.41) is 0. The first-order valence-electron chi connectivity index (χ1n) is 6.40. The molecule has 1 aromatic carbocycles. The minimum absolute atomic E-state index is 0.115. The summed E-state index contributed by atoms with van der Waals surface area (Å²) >= 11 is 3.59. The second-order valence-electron chi connectivity index (χ2n) is 4.60. The number of aryl methyl sites for hydroxylation is 2. The molecule has 0 spiro atoms. The Labute approximate surface area is 122 Å². The summed E-state index contributed by atoms with van der Waals surface area (Å²) in [6.07, 6.45) is 4.88. The summed E-state index contributed by atoms with van der Waals surface area (Å²) < 4.78 is 3.17. The molecule has 102 valence electrons. The first kappa shape index (κ1) is 14.2. The molecule has 0 aliphatic rings. The third kappa shape index (κ3) is 3.05. The SMILES string of the molecule is CCCn1ccnc1C(NN)c1cc(C)ccc1Br. The highest BCUT2D eigenvalue weighted by Crippen LogP contribution is 2.28. The van der Waals surface area contributed by atoms with Gasteiger partial charge in [-0.15, -0.1) is 0 Å². The normalized spacial score (nSPS) is 12.6. The molecule has 0 amide bonds. The van der Waals surface area contributed by atoms with Gasteiger partial charge in [-0.1, -0.05) is 40.5 Å². The smallest absolute Gasteiger partial charge is 0.131 e. The van der Waals surface area contributed by atoms with Crippen LogP contribution in [0.2, 0.25) is 0 Å². The molecule has 0 aliphatic carbocycles. The lowest BCUT2D eigenvalue weighted by atomic mass is 10.0. The molecule has 2 rings (SSSR count). The van der Waals surface area contributed by atoms with E-state index in [1.807, 2.05) is 18.5 Å². The van der Waals surface area contributed by atoms with Crippen LogP contribution in [0.15, 0.2) is 35.1 Å². The van der Waals surface area contributed by atoms with Crippen molar-refractivity contribution < 1.29 is 0 Å². The number of hydrazine groups is 1. The minimum atomic E-state index is -0.115. The lowest BCUT2D eigenvalue weighted by molar-refractivity contribution is 0.544. The van der Waals surface area contributed by atoms with Gasteiger partial charge in [-0.05, 0) is 25.0 Å². The van der Waals surface area contributed by atoms with Crippen molar-refractivity contribution in [3.05, 3.63) is 52.0 Å². The molecule has 0 radical (unpaired) electrons. The predicted octanol–water partition coefficient (Wildman–Crippen LogP) is 2.92. The molecule has 0 saturated heterocycles. The van der Waals surface area contributed by atoms with Gasteiger partial charge in [0.25, 0.3) is 0 Å². The van der Waals surface area contributed by atoms with E-state index in [1.54, 1.807) is 0 Å². The van der Waals surface area contributed by atoms with Gasteiger partial charge in [0.2, 0.25) is 0 Å². The molecular weight excluding hydrogens is 304 g/mol. The van der Waals surface area contributed by atoms with Crippen molar-refractivity contribution >= 4 is 15.9 Å². The van der Waals surface area contributed by atoms with Crippen molar-refractivity contribution in [1.29, 1.82) is 0 Å². The van der Waals surface area contributed by atoms with Crippen molar-refractivity contribution in [3.8, 4) is 0 Å². The molecule has 19 heavy (non-hydrogen) atoms. The maximum absolute atomic E-state index is 5.76. The second kappa shape index (κ2) is 6.32. The van der Waals surface area contributed by atoms with Crippen LogP contribution < -0.4 is 11.3 Å². The van der Waals surface area contributed by atoms with Gasteiger partial charge in [0.1, 0.15) is 11.9 Å². The Morgan fingerprint density at radius 3 is 2.95 bits per heavy atom. The largest absolute Gasteiger partial charge is 0.333 e. The average Bonchev–Trinajstić information content (AvgIpc) is 2.83. The van der Waals surface area contributed by atoms with E-state index in [-0.39, 0.29) is 6.04 Å². The number of halogens is 1. The van der Waals surface area contributed by atoms with E-state index >= 15 is 0 Å². The summed E-state index contributed by atoms with van der Waals surface area (Å²) in [4.78, 5) is 4.45. The average molecular weight is 323 g/mol. The fourth-order valence-corrected chi connectivity index (χ4v) is 2.67. The van der Waals surface area contributed by atoms with E-state index in [0.29, 0.717) is 0 Å². The second-order valence-corrected chi connectivity index (χ2v) is 5.46. The molecule has 0 saturated carbocycles. The highest BCUT2D eigenvalue weighted by molar-refractivity contribution is 9.10. The van der Waals surface area contributed by atoms with E-state index in [0.717, 1.165) is 28.8 Å². The predicted molar refractivity (Wildman–Crippen MR) is 80.6 cm³/mol.